The van der Waals surface area contributed by atoms with Crippen molar-refractivity contribution in [3.63, 3.8) is 0 Å². The van der Waals surface area contributed by atoms with E-state index in [2.05, 4.69) is 93.7 Å². The third kappa shape index (κ3) is 63.7. The Morgan fingerprint density at radius 1 is 0.269 bits per heavy atom. The average Bonchev–Trinajstić information content (AvgIpc) is 3.44. The summed E-state index contributed by atoms with van der Waals surface area (Å²) in [5.41, 5.74) is 0. The highest BCUT2D eigenvalue weighted by Gasteiger charge is 2.19. The molecular weight excluding hydrogens is 961 g/mol. The predicted octanol–water partition coefficient (Wildman–Crippen LogP) is 23.3. The van der Waals surface area contributed by atoms with Gasteiger partial charge in [0.25, 0.3) is 0 Å². The van der Waals surface area contributed by atoms with E-state index in [1.165, 1.54) is 205 Å². The van der Waals surface area contributed by atoms with Crippen molar-refractivity contribution in [2.24, 2.45) is 0 Å². The first-order chi connectivity index (χ1) is 38.5. The average molecular weight is 1090 g/mol. The van der Waals surface area contributed by atoms with E-state index < -0.39 is 6.10 Å². The zero-order valence-corrected chi connectivity index (χ0v) is 51.9. The van der Waals surface area contributed by atoms with Gasteiger partial charge in [0.15, 0.2) is 6.10 Å². The summed E-state index contributed by atoms with van der Waals surface area (Å²) in [6.07, 6.45) is 86.2. The highest BCUT2D eigenvalue weighted by atomic mass is 16.6. The van der Waals surface area contributed by atoms with Gasteiger partial charge in [-0.1, -0.05) is 312 Å². The normalized spacial score (nSPS) is 12.5. The van der Waals surface area contributed by atoms with Gasteiger partial charge in [-0.15, -0.1) is 0 Å². The Hall–Kier alpha value is -3.15. The Bertz CT molecular complexity index is 1440. The van der Waals surface area contributed by atoms with E-state index in [-0.39, 0.29) is 31.1 Å². The Labute approximate surface area is 484 Å². The van der Waals surface area contributed by atoms with Crippen LogP contribution in [0.25, 0.3) is 0 Å². The van der Waals surface area contributed by atoms with Crippen LogP contribution in [0.15, 0.2) is 72.9 Å². The number of unbranched alkanes of at least 4 members (excludes halogenated alkanes) is 39. The maximum Gasteiger partial charge on any atom is 0.306 e. The first-order valence-corrected chi connectivity index (χ1v) is 33.9. The van der Waals surface area contributed by atoms with Crippen LogP contribution in [0, 0.1) is 0 Å². The summed E-state index contributed by atoms with van der Waals surface area (Å²) in [5, 5.41) is 0. The molecule has 452 valence electrons. The molecule has 0 aliphatic heterocycles. The monoisotopic (exact) mass is 1090 g/mol. The zero-order chi connectivity index (χ0) is 56.4. The summed E-state index contributed by atoms with van der Waals surface area (Å²) < 4.78 is 17.0. The third-order valence-corrected chi connectivity index (χ3v) is 14.9. The summed E-state index contributed by atoms with van der Waals surface area (Å²) in [6.45, 7) is 6.56. The lowest BCUT2D eigenvalue weighted by Gasteiger charge is -2.18. The van der Waals surface area contributed by atoms with Crippen LogP contribution in [0.5, 0.6) is 0 Å². The second-order valence-electron chi connectivity index (χ2n) is 22.7. The molecule has 78 heavy (non-hydrogen) atoms. The molecule has 1 atom stereocenters. The molecule has 0 aromatic rings. The van der Waals surface area contributed by atoms with Gasteiger partial charge in [-0.05, 0) is 89.9 Å². The number of carbonyl (C=O) groups excluding carboxylic acids is 3. The van der Waals surface area contributed by atoms with Crippen molar-refractivity contribution in [2.75, 3.05) is 13.2 Å². The maximum atomic E-state index is 12.9. The van der Waals surface area contributed by atoms with Crippen LogP contribution in [0.2, 0.25) is 0 Å². The largest absolute Gasteiger partial charge is 0.462 e. The minimum atomic E-state index is -0.784. The molecule has 0 spiro atoms. The van der Waals surface area contributed by atoms with Crippen LogP contribution in [-0.4, -0.2) is 37.2 Å². The molecule has 0 aliphatic rings. The number of rotatable bonds is 62. The molecule has 0 saturated heterocycles. The summed E-state index contributed by atoms with van der Waals surface area (Å²) >= 11 is 0. The van der Waals surface area contributed by atoms with E-state index in [1.807, 2.05) is 0 Å². The molecule has 0 aromatic heterocycles. The number of esters is 3. The predicted molar refractivity (Wildman–Crippen MR) is 339 cm³/mol. The first kappa shape index (κ1) is 74.8. The van der Waals surface area contributed by atoms with E-state index in [0.717, 1.165) is 103 Å². The van der Waals surface area contributed by atoms with Gasteiger partial charge in [0, 0.05) is 19.3 Å². The van der Waals surface area contributed by atoms with Gasteiger partial charge in [-0.2, -0.15) is 0 Å². The lowest BCUT2D eigenvalue weighted by Crippen LogP contribution is -2.30. The van der Waals surface area contributed by atoms with Crippen LogP contribution >= 0.6 is 0 Å². The van der Waals surface area contributed by atoms with Gasteiger partial charge in [-0.3, -0.25) is 14.4 Å². The van der Waals surface area contributed by atoms with Crippen molar-refractivity contribution in [1.82, 2.24) is 0 Å². The molecule has 0 aliphatic carbocycles. The van der Waals surface area contributed by atoms with E-state index in [1.54, 1.807) is 0 Å². The van der Waals surface area contributed by atoms with Gasteiger partial charge in [0.05, 0.1) is 0 Å². The van der Waals surface area contributed by atoms with E-state index in [4.69, 9.17) is 14.2 Å². The van der Waals surface area contributed by atoms with Gasteiger partial charge >= 0.3 is 17.9 Å². The number of hydrogen-bond donors (Lipinski definition) is 0. The molecule has 0 heterocycles. The lowest BCUT2D eigenvalue weighted by molar-refractivity contribution is -0.167. The van der Waals surface area contributed by atoms with Crippen molar-refractivity contribution in [1.29, 1.82) is 0 Å². The number of ether oxygens (including phenoxy) is 3. The van der Waals surface area contributed by atoms with Crippen LogP contribution in [0.3, 0.4) is 0 Å². The maximum absolute atomic E-state index is 12.9. The molecule has 0 fully saturated rings. The van der Waals surface area contributed by atoms with Crippen molar-refractivity contribution < 1.29 is 28.6 Å². The van der Waals surface area contributed by atoms with Gasteiger partial charge in [0.1, 0.15) is 13.2 Å². The van der Waals surface area contributed by atoms with E-state index in [9.17, 15) is 14.4 Å². The van der Waals surface area contributed by atoms with Crippen LogP contribution < -0.4 is 0 Å². The second kappa shape index (κ2) is 66.4. The minimum Gasteiger partial charge on any atom is -0.462 e. The van der Waals surface area contributed by atoms with Gasteiger partial charge in [-0.25, -0.2) is 0 Å². The minimum absolute atomic E-state index is 0.0784. The second-order valence-corrected chi connectivity index (χ2v) is 22.7. The number of carbonyl (C=O) groups is 3. The van der Waals surface area contributed by atoms with Crippen molar-refractivity contribution >= 4 is 17.9 Å². The molecule has 0 saturated carbocycles. The van der Waals surface area contributed by atoms with E-state index in [0.29, 0.717) is 19.3 Å². The van der Waals surface area contributed by atoms with Crippen LogP contribution in [0.1, 0.15) is 348 Å². The molecule has 0 radical (unpaired) electrons. The van der Waals surface area contributed by atoms with Gasteiger partial charge < -0.3 is 14.2 Å². The molecule has 1 unspecified atom stereocenters. The van der Waals surface area contributed by atoms with Crippen molar-refractivity contribution in [2.45, 2.75) is 354 Å². The molecule has 0 N–H and O–H groups in total. The summed E-state index contributed by atoms with van der Waals surface area (Å²) in [7, 11) is 0. The fraction of sp³-hybridized carbons (Fsp3) is 0.792. The van der Waals surface area contributed by atoms with Crippen molar-refractivity contribution in [3.8, 4) is 0 Å². The molecule has 0 aromatic carbocycles. The Morgan fingerprint density at radius 2 is 0.500 bits per heavy atom. The Morgan fingerprint density at radius 3 is 0.782 bits per heavy atom. The standard InChI is InChI=1S/C72H128O6/c1-4-7-10-13-16-19-22-25-28-31-34-35-36-37-39-41-44-47-50-53-56-59-62-65-71(74)77-68-69(67-76-70(73)64-61-58-55-52-49-46-43-40-33-30-27-24-21-18-15-12-9-6-3)78-72(75)66-63-60-57-54-51-48-45-42-38-32-29-26-23-20-17-14-11-8-5-2/h8,11,17,20,22,25-26,29,31,34,38,42,69H,4-7,9-10,12-16,18-19,21,23-24,27-28,30,32-33,35-37,39-41,43-68H2,1-3H3/b11-8-,20-17-,25-22-,29-26-,34-31-,42-38-. The van der Waals surface area contributed by atoms with Crippen LogP contribution in [0.4, 0.5) is 0 Å². The summed E-state index contributed by atoms with van der Waals surface area (Å²) in [4.78, 5) is 38.4. The topological polar surface area (TPSA) is 78.9 Å². The molecule has 6 nitrogen and oxygen atoms in total. The van der Waals surface area contributed by atoms with Gasteiger partial charge in [0.2, 0.25) is 0 Å². The molecule has 6 heteroatoms. The summed E-state index contributed by atoms with van der Waals surface area (Å²) in [6, 6.07) is 0. The first-order valence-electron chi connectivity index (χ1n) is 33.9. The third-order valence-electron chi connectivity index (χ3n) is 14.9. The molecule has 0 amide bonds. The highest BCUT2D eigenvalue weighted by molar-refractivity contribution is 5.71. The molecule has 0 rings (SSSR count). The number of allylic oxidation sites excluding steroid dienone is 12. The highest BCUT2D eigenvalue weighted by Crippen LogP contribution is 2.17. The Kier molecular flexibility index (Phi) is 63.7. The molecule has 0 bridgehead atoms. The summed E-state index contributed by atoms with van der Waals surface area (Å²) in [5.74, 6) is -0.874. The number of hydrogen-bond acceptors (Lipinski definition) is 6. The van der Waals surface area contributed by atoms with E-state index >= 15 is 0 Å². The smallest absolute Gasteiger partial charge is 0.306 e. The quantitative estimate of drug-likeness (QED) is 0.0261. The molecular formula is C72H128O6. The zero-order valence-electron chi connectivity index (χ0n) is 51.9. The Balaban J connectivity index is 4.36. The fourth-order valence-corrected chi connectivity index (χ4v) is 9.88. The van der Waals surface area contributed by atoms with Crippen LogP contribution in [-0.2, 0) is 28.6 Å². The SMILES string of the molecule is CC/C=C\C/C=C\C/C=C\C/C=C\CCCCCCCCC(=O)OC(COC(=O)CCCCCCCCCCCCC/C=C\C/C=C\CCCCCCC)COC(=O)CCCCCCCCCCCCCCCCCCCC. The lowest BCUT2D eigenvalue weighted by atomic mass is 10.0. The fourth-order valence-electron chi connectivity index (χ4n) is 9.88. The van der Waals surface area contributed by atoms with Crippen molar-refractivity contribution in [3.05, 3.63) is 72.9 Å².